The lowest BCUT2D eigenvalue weighted by atomic mass is 9.70. The molecule has 0 radical (unpaired) electrons. The van der Waals surface area contributed by atoms with Gasteiger partial charge in [-0.05, 0) is 42.0 Å². The molecule has 0 fully saturated rings. The van der Waals surface area contributed by atoms with E-state index in [9.17, 15) is 0 Å². The van der Waals surface area contributed by atoms with Gasteiger partial charge >= 0.3 is 0 Å². The van der Waals surface area contributed by atoms with Gasteiger partial charge in [0, 0.05) is 5.41 Å². The topological polar surface area (TPSA) is 0 Å². The van der Waals surface area contributed by atoms with Gasteiger partial charge in [-0.1, -0.05) is 166 Å². The Hall–Kier alpha value is -1.56. The Bertz CT molecular complexity index is 781. The molecule has 190 valence electrons. The first-order valence-electron chi connectivity index (χ1n) is 14.9. The largest absolute Gasteiger partial charge is 0.0654 e. The van der Waals surface area contributed by atoms with Gasteiger partial charge in [0.1, 0.15) is 0 Å². The van der Waals surface area contributed by atoms with Gasteiger partial charge < -0.3 is 0 Å². The Kier molecular flexibility index (Phi) is 13.6. The molecular formula is C34H54. The summed E-state index contributed by atoms with van der Waals surface area (Å²) in [5, 5.41) is 0. The van der Waals surface area contributed by atoms with Crippen molar-refractivity contribution in [3.05, 3.63) is 59.2 Å². The first kappa shape index (κ1) is 28.7. The van der Waals surface area contributed by atoms with E-state index in [1.54, 1.807) is 11.1 Å². The Balaban J connectivity index is 0.000000945. The summed E-state index contributed by atoms with van der Waals surface area (Å²) in [5.41, 5.74) is 7.92. The van der Waals surface area contributed by atoms with Gasteiger partial charge in [0.05, 0.1) is 0 Å². The van der Waals surface area contributed by atoms with Crippen molar-refractivity contribution in [2.45, 2.75) is 143 Å². The minimum Gasteiger partial charge on any atom is -0.0654 e. The van der Waals surface area contributed by atoms with E-state index in [2.05, 4.69) is 77.1 Å². The Morgan fingerprint density at radius 3 is 1.56 bits per heavy atom. The van der Waals surface area contributed by atoms with Crippen molar-refractivity contribution in [1.82, 2.24) is 0 Å². The summed E-state index contributed by atoms with van der Waals surface area (Å²) in [5.74, 6) is 0. The van der Waals surface area contributed by atoms with E-state index < -0.39 is 0 Å². The summed E-state index contributed by atoms with van der Waals surface area (Å²) in [7, 11) is 0. The molecule has 34 heavy (non-hydrogen) atoms. The Morgan fingerprint density at radius 2 is 1.00 bits per heavy atom. The van der Waals surface area contributed by atoms with E-state index in [-0.39, 0.29) is 5.41 Å². The smallest absolute Gasteiger partial charge is 0.0215 e. The fourth-order valence-electron chi connectivity index (χ4n) is 5.65. The standard InChI is InChI=1S/C30H44.C4H10/c1-4-6-8-10-12-16-22-30(23-17-13-11-9-7-5-2)28-19-15-14-18-26(28)27-21-20-25(3)24-29(27)30;1-3-4-2/h14-15,18-21,24H,4-13,16-17,22-23H2,1-3H3;3-4H2,1-2H3. The van der Waals surface area contributed by atoms with Crippen LogP contribution >= 0.6 is 0 Å². The highest BCUT2D eigenvalue weighted by Crippen LogP contribution is 2.54. The van der Waals surface area contributed by atoms with Crippen LogP contribution in [0.3, 0.4) is 0 Å². The first-order chi connectivity index (χ1) is 16.6. The van der Waals surface area contributed by atoms with Gasteiger partial charge in [-0.2, -0.15) is 0 Å². The Morgan fingerprint density at radius 1 is 0.500 bits per heavy atom. The Labute approximate surface area is 213 Å². The molecule has 0 atom stereocenters. The van der Waals surface area contributed by atoms with Crippen molar-refractivity contribution in [3.8, 4) is 11.1 Å². The average molecular weight is 463 g/mol. The van der Waals surface area contributed by atoms with Gasteiger partial charge in [-0.3, -0.25) is 0 Å². The molecule has 3 rings (SSSR count). The third-order valence-electron chi connectivity index (χ3n) is 7.84. The first-order valence-corrected chi connectivity index (χ1v) is 14.9. The molecule has 0 amide bonds. The average Bonchev–Trinajstić information content (AvgIpc) is 3.13. The van der Waals surface area contributed by atoms with Crippen LogP contribution in [0.1, 0.15) is 147 Å². The molecular weight excluding hydrogens is 408 g/mol. The van der Waals surface area contributed by atoms with Crippen LogP contribution < -0.4 is 0 Å². The highest BCUT2D eigenvalue weighted by molar-refractivity contribution is 5.81. The van der Waals surface area contributed by atoms with Crippen LogP contribution in [0.15, 0.2) is 42.5 Å². The lowest BCUT2D eigenvalue weighted by molar-refractivity contribution is 0.397. The number of benzene rings is 2. The van der Waals surface area contributed by atoms with Crippen molar-refractivity contribution in [1.29, 1.82) is 0 Å². The molecule has 0 aromatic heterocycles. The van der Waals surface area contributed by atoms with Crippen molar-refractivity contribution in [2.75, 3.05) is 0 Å². The van der Waals surface area contributed by atoms with Crippen molar-refractivity contribution in [2.24, 2.45) is 0 Å². The quantitative estimate of drug-likeness (QED) is 0.231. The van der Waals surface area contributed by atoms with Gasteiger partial charge in [0.25, 0.3) is 0 Å². The van der Waals surface area contributed by atoms with Gasteiger partial charge in [-0.25, -0.2) is 0 Å². The second-order valence-electron chi connectivity index (χ2n) is 10.7. The maximum atomic E-state index is 2.52. The number of unbranched alkanes of at least 4 members (excludes halogenated alkanes) is 11. The lowest BCUT2D eigenvalue weighted by Gasteiger charge is -2.33. The third kappa shape index (κ3) is 8.00. The van der Waals surface area contributed by atoms with Crippen LogP contribution in [0.25, 0.3) is 11.1 Å². The van der Waals surface area contributed by atoms with Crippen LogP contribution in [-0.4, -0.2) is 0 Å². The molecule has 0 bridgehead atoms. The SMILES string of the molecule is CCCC.CCCCCCCCC1(CCCCCCCC)c2ccccc2-c2ccc(C)cc21. The maximum Gasteiger partial charge on any atom is 0.0215 e. The summed E-state index contributed by atoms with van der Waals surface area (Å²) in [4.78, 5) is 0. The predicted molar refractivity (Wildman–Crippen MR) is 154 cm³/mol. The zero-order valence-electron chi connectivity index (χ0n) is 23.4. The van der Waals surface area contributed by atoms with Crippen LogP contribution in [0.5, 0.6) is 0 Å². The fraction of sp³-hybridized carbons (Fsp3) is 0.647. The van der Waals surface area contributed by atoms with Crippen molar-refractivity contribution >= 4 is 0 Å². The molecule has 2 aromatic carbocycles. The van der Waals surface area contributed by atoms with E-state index in [1.807, 2.05) is 0 Å². The summed E-state index contributed by atoms with van der Waals surface area (Å²) in [6, 6.07) is 16.5. The van der Waals surface area contributed by atoms with E-state index >= 15 is 0 Å². The number of aryl methyl sites for hydroxylation is 1. The van der Waals surface area contributed by atoms with E-state index in [0.29, 0.717) is 0 Å². The molecule has 0 spiro atoms. The lowest BCUT2D eigenvalue weighted by Crippen LogP contribution is -2.25. The molecule has 0 saturated heterocycles. The molecule has 0 heterocycles. The van der Waals surface area contributed by atoms with Crippen LogP contribution in [-0.2, 0) is 5.41 Å². The number of hydrogen-bond donors (Lipinski definition) is 0. The normalized spacial score (nSPS) is 13.2. The molecule has 0 nitrogen and oxygen atoms in total. The number of fused-ring (bicyclic) bond motifs is 3. The molecule has 0 saturated carbocycles. The zero-order valence-corrected chi connectivity index (χ0v) is 23.4. The minimum atomic E-state index is 0.244. The summed E-state index contributed by atoms with van der Waals surface area (Å²) >= 11 is 0. The number of rotatable bonds is 15. The highest BCUT2D eigenvalue weighted by Gasteiger charge is 2.41. The summed E-state index contributed by atoms with van der Waals surface area (Å²) in [6.45, 7) is 11.2. The van der Waals surface area contributed by atoms with Gasteiger partial charge in [0.15, 0.2) is 0 Å². The molecule has 1 aliphatic rings. The second kappa shape index (κ2) is 16.2. The summed E-state index contributed by atoms with van der Waals surface area (Å²) < 4.78 is 0. The van der Waals surface area contributed by atoms with Crippen molar-refractivity contribution in [3.63, 3.8) is 0 Å². The monoisotopic (exact) mass is 462 g/mol. The van der Waals surface area contributed by atoms with E-state index in [4.69, 9.17) is 0 Å². The van der Waals surface area contributed by atoms with E-state index in [1.165, 1.54) is 119 Å². The van der Waals surface area contributed by atoms with Crippen molar-refractivity contribution < 1.29 is 0 Å². The molecule has 1 aliphatic carbocycles. The predicted octanol–water partition coefficient (Wildman–Crippen LogP) is 11.6. The molecule has 0 N–H and O–H groups in total. The number of hydrogen-bond acceptors (Lipinski definition) is 0. The maximum absolute atomic E-state index is 2.52. The molecule has 0 heteroatoms. The summed E-state index contributed by atoms with van der Waals surface area (Å²) in [6.07, 6.45) is 21.9. The van der Waals surface area contributed by atoms with Crippen LogP contribution in [0, 0.1) is 6.92 Å². The molecule has 2 aromatic rings. The third-order valence-corrected chi connectivity index (χ3v) is 7.84. The molecule has 0 unspecified atom stereocenters. The fourth-order valence-corrected chi connectivity index (χ4v) is 5.65. The van der Waals surface area contributed by atoms with Crippen LogP contribution in [0.4, 0.5) is 0 Å². The second-order valence-corrected chi connectivity index (χ2v) is 10.7. The van der Waals surface area contributed by atoms with Gasteiger partial charge in [0.2, 0.25) is 0 Å². The van der Waals surface area contributed by atoms with Crippen LogP contribution in [0.2, 0.25) is 0 Å². The zero-order chi connectivity index (χ0) is 24.7. The highest BCUT2D eigenvalue weighted by atomic mass is 14.4. The van der Waals surface area contributed by atoms with E-state index in [0.717, 1.165) is 0 Å². The van der Waals surface area contributed by atoms with Gasteiger partial charge in [-0.15, -0.1) is 0 Å². The minimum absolute atomic E-state index is 0.244. The molecule has 0 aliphatic heterocycles.